The van der Waals surface area contributed by atoms with Crippen molar-refractivity contribution in [3.63, 3.8) is 0 Å². The molecule has 0 aliphatic carbocycles. The molecule has 0 spiro atoms. The summed E-state index contributed by atoms with van der Waals surface area (Å²) < 4.78 is 10.8. The van der Waals surface area contributed by atoms with Crippen LogP contribution in [0.2, 0.25) is 0 Å². The molecular formula is C16H20N4O4. The predicted octanol–water partition coefficient (Wildman–Crippen LogP) is 0.815. The van der Waals surface area contributed by atoms with Crippen molar-refractivity contribution in [2.24, 2.45) is 0 Å². The third-order valence-electron chi connectivity index (χ3n) is 3.21. The second kappa shape index (κ2) is 8.00. The fraction of sp³-hybridized carbons (Fsp3) is 0.312. The molecule has 8 nitrogen and oxygen atoms in total. The first-order valence-electron chi connectivity index (χ1n) is 7.29. The number of carbonyl (C=O) groups excluding carboxylic acids is 2. The summed E-state index contributed by atoms with van der Waals surface area (Å²) in [6.45, 7) is 0.128. The van der Waals surface area contributed by atoms with E-state index in [0.29, 0.717) is 17.2 Å². The van der Waals surface area contributed by atoms with Gasteiger partial charge in [0.05, 0.1) is 19.3 Å². The lowest BCUT2D eigenvalue weighted by Crippen LogP contribution is -2.36. The smallest absolute Gasteiger partial charge is 0.272 e. The van der Waals surface area contributed by atoms with Gasteiger partial charge in [-0.2, -0.15) is 5.10 Å². The molecule has 0 bridgehead atoms. The number of nitrogens with one attached hydrogen (secondary N) is 2. The first-order valence-corrected chi connectivity index (χ1v) is 7.29. The summed E-state index contributed by atoms with van der Waals surface area (Å²) in [6.07, 6.45) is 0. The van der Waals surface area contributed by atoms with Crippen molar-refractivity contribution in [3.05, 3.63) is 41.7 Å². The van der Waals surface area contributed by atoms with Gasteiger partial charge < -0.3 is 19.7 Å². The molecule has 1 aromatic carbocycles. The topological polar surface area (TPSA) is 96.5 Å². The lowest BCUT2D eigenvalue weighted by Gasteiger charge is -2.10. The molecular weight excluding hydrogens is 312 g/mol. The van der Waals surface area contributed by atoms with Gasteiger partial charge in [0.25, 0.3) is 5.91 Å². The second-order valence-electron chi connectivity index (χ2n) is 5.19. The summed E-state index contributed by atoms with van der Waals surface area (Å²) in [5.41, 5.74) is 0.824. The van der Waals surface area contributed by atoms with Gasteiger partial charge in [-0.25, -0.2) is 0 Å². The molecule has 0 atom stereocenters. The van der Waals surface area contributed by atoms with E-state index in [2.05, 4.69) is 15.5 Å². The van der Waals surface area contributed by atoms with E-state index >= 15 is 0 Å². The second-order valence-corrected chi connectivity index (χ2v) is 5.19. The van der Waals surface area contributed by atoms with Crippen LogP contribution in [0.1, 0.15) is 16.2 Å². The van der Waals surface area contributed by atoms with Crippen molar-refractivity contribution in [1.29, 1.82) is 0 Å². The summed E-state index contributed by atoms with van der Waals surface area (Å²) in [5.74, 6) is 0.595. The Bertz CT molecular complexity index is 712. The fourth-order valence-corrected chi connectivity index (χ4v) is 1.85. The van der Waals surface area contributed by atoms with E-state index in [4.69, 9.17) is 9.47 Å². The van der Waals surface area contributed by atoms with Crippen LogP contribution in [-0.2, 0) is 11.4 Å². The molecule has 24 heavy (non-hydrogen) atoms. The minimum absolute atomic E-state index is 0.0776. The van der Waals surface area contributed by atoms with Crippen LogP contribution in [0.4, 0.5) is 0 Å². The van der Waals surface area contributed by atoms with E-state index in [9.17, 15) is 9.59 Å². The quantitative estimate of drug-likeness (QED) is 0.782. The Morgan fingerprint density at radius 3 is 2.62 bits per heavy atom. The Balaban J connectivity index is 1.91. The number of methoxy groups -OCH3 is 1. The number of H-pyrrole nitrogens is 1. The van der Waals surface area contributed by atoms with Gasteiger partial charge >= 0.3 is 0 Å². The standard InChI is InChI=1S/C16H20N4O4/c1-20(2)15(21)9-17-16(22)12-8-11(18-19-12)10-24-14-7-5-4-6-13(14)23-3/h4-8H,9-10H2,1-3H3,(H,17,22)(H,18,19). The zero-order valence-electron chi connectivity index (χ0n) is 13.8. The minimum Gasteiger partial charge on any atom is -0.493 e. The van der Waals surface area contributed by atoms with Crippen LogP contribution < -0.4 is 14.8 Å². The molecule has 0 fully saturated rings. The highest BCUT2D eigenvalue weighted by atomic mass is 16.5. The predicted molar refractivity (Wildman–Crippen MR) is 86.9 cm³/mol. The molecule has 0 saturated heterocycles. The highest BCUT2D eigenvalue weighted by molar-refractivity contribution is 5.94. The van der Waals surface area contributed by atoms with Gasteiger partial charge in [-0.05, 0) is 18.2 Å². The molecule has 0 radical (unpaired) electrons. The fourth-order valence-electron chi connectivity index (χ4n) is 1.85. The van der Waals surface area contributed by atoms with E-state index in [-0.39, 0.29) is 24.8 Å². The molecule has 2 amide bonds. The zero-order chi connectivity index (χ0) is 17.5. The van der Waals surface area contributed by atoms with E-state index in [1.165, 1.54) is 4.90 Å². The summed E-state index contributed by atoms with van der Waals surface area (Å²) in [4.78, 5) is 24.8. The number of likely N-dealkylation sites (N-methyl/N-ethyl adjacent to an activating group) is 1. The lowest BCUT2D eigenvalue weighted by molar-refractivity contribution is -0.127. The zero-order valence-corrected chi connectivity index (χ0v) is 13.8. The van der Waals surface area contributed by atoms with Gasteiger partial charge in [0, 0.05) is 14.1 Å². The number of hydrogen-bond donors (Lipinski definition) is 2. The van der Waals surface area contributed by atoms with Gasteiger partial charge in [0.2, 0.25) is 5.91 Å². The monoisotopic (exact) mass is 332 g/mol. The average molecular weight is 332 g/mol. The number of ether oxygens (including phenoxy) is 2. The van der Waals surface area contributed by atoms with E-state index in [0.717, 1.165) is 0 Å². The third kappa shape index (κ3) is 4.48. The molecule has 0 aliphatic rings. The number of carbonyl (C=O) groups is 2. The van der Waals surface area contributed by atoms with Crippen LogP contribution in [0.25, 0.3) is 0 Å². The Kier molecular flexibility index (Phi) is 5.78. The highest BCUT2D eigenvalue weighted by Crippen LogP contribution is 2.26. The van der Waals surface area contributed by atoms with Gasteiger partial charge in [0.15, 0.2) is 11.5 Å². The van der Waals surface area contributed by atoms with Gasteiger partial charge in [0.1, 0.15) is 12.3 Å². The van der Waals surface area contributed by atoms with Crippen LogP contribution in [0.15, 0.2) is 30.3 Å². The van der Waals surface area contributed by atoms with Crippen molar-refractivity contribution in [2.75, 3.05) is 27.7 Å². The minimum atomic E-state index is -0.426. The number of aromatic amines is 1. The van der Waals surface area contributed by atoms with E-state index in [1.807, 2.05) is 12.1 Å². The summed E-state index contributed by atoms with van der Waals surface area (Å²) >= 11 is 0. The van der Waals surface area contributed by atoms with E-state index < -0.39 is 5.91 Å². The number of benzene rings is 1. The molecule has 1 heterocycles. The average Bonchev–Trinajstić information content (AvgIpc) is 3.06. The molecule has 2 rings (SSSR count). The molecule has 1 aromatic heterocycles. The van der Waals surface area contributed by atoms with Crippen molar-refractivity contribution in [2.45, 2.75) is 6.61 Å². The van der Waals surface area contributed by atoms with Crippen molar-refractivity contribution in [3.8, 4) is 11.5 Å². The summed E-state index contributed by atoms with van der Waals surface area (Å²) in [7, 11) is 4.81. The number of hydrogen-bond acceptors (Lipinski definition) is 5. The number of rotatable bonds is 7. The maximum absolute atomic E-state index is 11.9. The summed E-state index contributed by atoms with van der Waals surface area (Å²) in [6, 6.07) is 8.84. The van der Waals surface area contributed by atoms with Crippen LogP contribution >= 0.6 is 0 Å². The van der Waals surface area contributed by atoms with E-state index in [1.54, 1.807) is 39.4 Å². The number of aromatic nitrogens is 2. The van der Waals surface area contributed by atoms with Crippen molar-refractivity contribution >= 4 is 11.8 Å². The Hall–Kier alpha value is -3.03. The largest absolute Gasteiger partial charge is 0.493 e. The van der Waals surface area contributed by atoms with Gasteiger partial charge in [-0.1, -0.05) is 12.1 Å². The highest BCUT2D eigenvalue weighted by Gasteiger charge is 2.13. The third-order valence-corrected chi connectivity index (χ3v) is 3.21. The Labute approximate surface area is 139 Å². The Morgan fingerprint density at radius 1 is 1.25 bits per heavy atom. The number of amides is 2. The molecule has 0 aliphatic heterocycles. The summed E-state index contributed by atoms with van der Waals surface area (Å²) in [5, 5.41) is 9.17. The molecule has 2 N–H and O–H groups in total. The van der Waals surface area contributed by atoms with Crippen LogP contribution in [0.5, 0.6) is 11.5 Å². The molecule has 0 saturated carbocycles. The molecule has 0 unspecified atom stereocenters. The van der Waals surface area contributed by atoms with Crippen LogP contribution in [0.3, 0.4) is 0 Å². The SMILES string of the molecule is COc1ccccc1OCc1cc(C(=O)NCC(=O)N(C)C)n[nH]1. The maximum atomic E-state index is 11.9. The normalized spacial score (nSPS) is 10.1. The van der Waals surface area contributed by atoms with Crippen molar-refractivity contribution < 1.29 is 19.1 Å². The molecule has 128 valence electrons. The first-order chi connectivity index (χ1) is 11.5. The van der Waals surface area contributed by atoms with Gasteiger partial charge in [-0.3, -0.25) is 14.7 Å². The van der Waals surface area contributed by atoms with Crippen LogP contribution in [-0.4, -0.2) is 54.7 Å². The lowest BCUT2D eigenvalue weighted by atomic mass is 10.3. The Morgan fingerprint density at radius 2 is 1.96 bits per heavy atom. The number of nitrogens with zero attached hydrogens (tertiary/aromatic N) is 2. The maximum Gasteiger partial charge on any atom is 0.272 e. The number of para-hydroxylation sites is 2. The molecule has 2 aromatic rings. The first kappa shape index (κ1) is 17.3. The van der Waals surface area contributed by atoms with Crippen molar-refractivity contribution in [1.82, 2.24) is 20.4 Å². The van der Waals surface area contributed by atoms with Gasteiger partial charge in [-0.15, -0.1) is 0 Å². The van der Waals surface area contributed by atoms with Crippen LogP contribution in [0, 0.1) is 0 Å². The molecule has 8 heteroatoms.